The summed E-state index contributed by atoms with van der Waals surface area (Å²) in [6.45, 7) is 11.9. The Morgan fingerprint density at radius 1 is 1.41 bits per heavy atom. The predicted octanol–water partition coefficient (Wildman–Crippen LogP) is 1.86. The summed E-state index contributed by atoms with van der Waals surface area (Å²) in [4.78, 5) is 2.61. The lowest BCUT2D eigenvalue weighted by molar-refractivity contribution is -0.0384. The Hall–Kier alpha value is -0.120. The number of hydrogen-bond acceptors (Lipinski definition) is 3. The molecule has 2 rings (SSSR count). The molecule has 0 amide bonds. The number of nitrogens with zero attached hydrogens (tertiary/aromatic N) is 1. The van der Waals surface area contributed by atoms with Crippen LogP contribution < -0.4 is 5.73 Å². The second-order valence-corrected chi connectivity index (χ2v) is 6.88. The van der Waals surface area contributed by atoms with Gasteiger partial charge in [-0.2, -0.15) is 0 Å². The largest absolute Gasteiger partial charge is 0.379 e. The van der Waals surface area contributed by atoms with E-state index in [9.17, 15) is 0 Å². The van der Waals surface area contributed by atoms with Crippen LogP contribution in [0.2, 0.25) is 0 Å². The zero-order valence-corrected chi connectivity index (χ0v) is 11.7. The average molecular weight is 240 g/mol. The van der Waals surface area contributed by atoms with Crippen LogP contribution in [-0.2, 0) is 4.74 Å². The van der Waals surface area contributed by atoms with Gasteiger partial charge < -0.3 is 10.5 Å². The van der Waals surface area contributed by atoms with E-state index in [2.05, 4.69) is 25.7 Å². The first-order valence-electron chi connectivity index (χ1n) is 7.01. The van der Waals surface area contributed by atoms with Crippen molar-refractivity contribution >= 4 is 0 Å². The summed E-state index contributed by atoms with van der Waals surface area (Å²) >= 11 is 0. The normalized spacial score (nSPS) is 36.4. The molecule has 100 valence electrons. The Bertz CT molecular complexity index is 253. The average Bonchev–Trinajstić information content (AvgIpc) is 2.79. The van der Waals surface area contributed by atoms with Crippen LogP contribution in [0.5, 0.6) is 0 Å². The monoisotopic (exact) mass is 240 g/mol. The van der Waals surface area contributed by atoms with Crippen molar-refractivity contribution in [3.8, 4) is 0 Å². The maximum atomic E-state index is 6.05. The topological polar surface area (TPSA) is 38.5 Å². The molecule has 0 aliphatic carbocycles. The zero-order valence-electron chi connectivity index (χ0n) is 11.7. The van der Waals surface area contributed by atoms with Gasteiger partial charge in [-0.05, 0) is 37.1 Å². The van der Waals surface area contributed by atoms with Gasteiger partial charge in [-0.1, -0.05) is 20.8 Å². The summed E-state index contributed by atoms with van der Waals surface area (Å²) in [5, 5.41) is 0. The Morgan fingerprint density at radius 3 is 2.65 bits per heavy atom. The second kappa shape index (κ2) is 4.87. The Labute approximate surface area is 106 Å². The summed E-state index contributed by atoms with van der Waals surface area (Å²) < 4.78 is 5.69. The van der Waals surface area contributed by atoms with E-state index < -0.39 is 0 Å². The molecule has 0 spiro atoms. The number of ether oxygens (including phenoxy) is 1. The molecule has 2 fully saturated rings. The van der Waals surface area contributed by atoms with Crippen molar-refractivity contribution in [1.82, 2.24) is 4.90 Å². The third kappa shape index (κ3) is 2.67. The van der Waals surface area contributed by atoms with E-state index in [0.29, 0.717) is 5.41 Å². The molecule has 0 saturated carbocycles. The number of likely N-dealkylation sites (tertiary alicyclic amines) is 1. The third-order valence-electron chi connectivity index (χ3n) is 4.77. The summed E-state index contributed by atoms with van der Waals surface area (Å²) in [5.41, 5.74) is 6.60. The van der Waals surface area contributed by atoms with E-state index in [-0.39, 0.29) is 5.54 Å². The molecule has 2 heterocycles. The van der Waals surface area contributed by atoms with Crippen molar-refractivity contribution in [3.63, 3.8) is 0 Å². The van der Waals surface area contributed by atoms with Crippen LogP contribution in [0.25, 0.3) is 0 Å². The summed E-state index contributed by atoms with van der Waals surface area (Å²) in [6, 6.07) is 0. The summed E-state index contributed by atoms with van der Waals surface area (Å²) in [5.74, 6) is 0.799. The highest BCUT2D eigenvalue weighted by Crippen LogP contribution is 2.38. The quantitative estimate of drug-likeness (QED) is 0.801. The molecule has 0 bridgehead atoms. The van der Waals surface area contributed by atoms with E-state index >= 15 is 0 Å². The van der Waals surface area contributed by atoms with Gasteiger partial charge in [0.2, 0.25) is 0 Å². The van der Waals surface area contributed by atoms with Crippen molar-refractivity contribution in [3.05, 3.63) is 0 Å². The van der Waals surface area contributed by atoms with Gasteiger partial charge in [0.1, 0.15) is 0 Å². The summed E-state index contributed by atoms with van der Waals surface area (Å²) in [7, 11) is 0. The Morgan fingerprint density at radius 2 is 2.18 bits per heavy atom. The van der Waals surface area contributed by atoms with Crippen molar-refractivity contribution in [2.24, 2.45) is 17.1 Å². The number of nitrogens with two attached hydrogens (primary N) is 1. The Balaban J connectivity index is 2.03. The zero-order chi connectivity index (χ0) is 12.5. The molecule has 0 radical (unpaired) electrons. The highest BCUT2D eigenvalue weighted by Gasteiger charge is 2.43. The van der Waals surface area contributed by atoms with Crippen LogP contribution in [0.1, 0.15) is 40.0 Å². The molecular formula is C14H28N2O. The van der Waals surface area contributed by atoms with Gasteiger partial charge in [-0.3, -0.25) is 4.90 Å². The smallest absolute Gasteiger partial charge is 0.0662 e. The van der Waals surface area contributed by atoms with Crippen LogP contribution in [0.15, 0.2) is 0 Å². The maximum absolute atomic E-state index is 6.05. The first kappa shape index (κ1) is 13.3. The fourth-order valence-electron chi connectivity index (χ4n) is 3.28. The lowest BCUT2D eigenvalue weighted by Gasteiger charge is -2.44. The molecular weight excluding hydrogens is 212 g/mol. The van der Waals surface area contributed by atoms with Crippen LogP contribution in [0.3, 0.4) is 0 Å². The van der Waals surface area contributed by atoms with E-state index in [1.165, 1.54) is 25.9 Å². The van der Waals surface area contributed by atoms with Crippen LogP contribution in [0, 0.1) is 11.3 Å². The Kier molecular flexibility index (Phi) is 3.81. The highest BCUT2D eigenvalue weighted by atomic mass is 16.5. The molecule has 0 aromatic heterocycles. The molecule has 0 aromatic rings. The lowest BCUT2D eigenvalue weighted by atomic mass is 9.80. The second-order valence-electron chi connectivity index (χ2n) is 6.88. The van der Waals surface area contributed by atoms with E-state index in [4.69, 9.17) is 10.5 Å². The van der Waals surface area contributed by atoms with Gasteiger partial charge in [-0.25, -0.2) is 0 Å². The third-order valence-corrected chi connectivity index (χ3v) is 4.77. The van der Waals surface area contributed by atoms with E-state index in [1.54, 1.807) is 0 Å². The molecule has 2 aliphatic heterocycles. The van der Waals surface area contributed by atoms with Crippen LogP contribution in [0.4, 0.5) is 0 Å². The van der Waals surface area contributed by atoms with Gasteiger partial charge in [0, 0.05) is 19.7 Å². The molecule has 2 atom stereocenters. The molecule has 2 unspecified atom stereocenters. The van der Waals surface area contributed by atoms with Crippen LogP contribution >= 0.6 is 0 Å². The maximum Gasteiger partial charge on any atom is 0.0662 e. The van der Waals surface area contributed by atoms with Gasteiger partial charge in [0.25, 0.3) is 0 Å². The van der Waals surface area contributed by atoms with Gasteiger partial charge in [-0.15, -0.1) is 0 Å². The predicted molar refractivity (Wildman–Crippen MR) is 71.0 cm³/mol. The molecule has 3 nitrogen and oxygen atoms in total. The fraction of sp³-hybridized carbons (Fsp3) is 1.00. The molecule has 2 saturated heterocycles. The van der Waals surface area contributed by atoms with Crippen LogP contribution in [-0.4, -0.2) is 43.3 Å². The molecule has 3 heteroatoms. The molecule has 2 N–H and O–H groups in total. The van der Waals surface area contributed by atoms with Gasteiger partial charge in [0.05, 0.1) is 12.1 Å². The van der Waals surface area contributed by atoms with E-state index in [1.807, 2.05) is 0 Å². The first-order chi connectivity index (χ1) is 7.98. The minimum Gasteiger partial charge on any atom is -0.379 e. The minimum atomic E-state index is 0.137. The number of rotatable bonds is 2. The van der Waals surface area contributed by atoms with Crippen molar-refractivity contribution < 1.29 is 4.74 Å². The number of hydrogen-bond donors (Lipinski definition) is 1. The summed E-state index contributed by atoms with van der Waals surface area (Å²) in [6.07, 6.45) is 3.68. The SMILES string of the molecule is CC(C)(C)C1CCN(C2(CN)CCCOC2)C1. The minimum absolute atomic E-state index is 0.137. The fourth-order valence-corrected chi connectivity index (χ4v) is 3.28. The van der Waals surface area contributed by atoms with Gasteiger partial charge in [0.15, 0.2) is 0 Å². The van der Waals surface area contributed by atoms with Gasteiger partial charge >= 0.3 is 0 Å². The van der Waals surface area contributed by atoms with Crippen molar-refractivity contribution in [1.29, 1.82) is 0 Å². The molecule has 17 heavy (non-hydrogen) atoms. The molecule has 2 aliphatic rings. The molecule has 0 aromatic carbocycles. The lowest BCUT2D eigenvalue weighted by Crippen LogP contribution is -2.58. The standard InChI is InChI=1S/C14H28N2O/c1-13(2,3)12-5-7-16(9-12)14(10-15)6-4-8-17-11-14/h12H,4-11,15H2,1-3H3. The van der Waals surface area contributed by atoms with Crippen molar-refractivity contribution in [2.75, 3.05) is 32.8 Å². The van der Waals surface area contributed by atoms with Crippen molar-refractivity contribution in [2.45, 2.75) is 45.6 Å². The van der Waals surface area contributed by atoms with E-state index in [0.717, 1.165) is 32.1 Å². The first-order valence-corrected chi connectivity index (χ1v) is 7.01. The highest BCUT2D eigenvalue weighted by molar-refractivity contribution is 4.98.